The number of hydrogen-bond acceptors (Lipinski definition) is 3. The first-order chi connectivity index (χ1) is 6.93. The SMILES string of the molecule is C=C(C)C[C@@H](N)c1c(Br)ccc(N)c1O. The van der Waals surface area contributed by atoms with E-state index in [0.29, 0.717) is 17.7 Å². The summed E-state index contributed by atoms with van der Waals surface area (Å²) in [5.74, 6) is 0.0538. The van der Waals surface area contributed by atoms with E-state index in [0.717, 1.165) is 10.0 Å². The van der Waals surface area contributed by atoms with Gasteiger partial charge in [0.1, 0.15) is 5.75 Å². The highest BCUT2D eigenvalue weighted by Gasteiger charge is 2.16. The lowest BCUT2D eigenvalue weighted by Gasteiger charge is -2.16. The van der Waals surface area contributed by atoms with Gasteiger partial charge < -0.3 is 16.6 Å². The normalized spacial score (nSPS) is 12.5. The first-order valence-electron chi connectivity index (χ1n) is 4.60. The third kappa shape index (κ3) is 2.73. The first kappa shape index (κ1) is 12.1. The van der Waals surface area contributed by atoms with Gasteiger partial charge in [-0.2, -0.15) is 0 Å². The minimum atomic E-state index is -0.291. The van der Waals surface area contributed by atoms with Crippen molar-refractivity contribution in [3.63, 3.8) is 0 Å². The van der Waals surface area contributed by atoms with E-state index in [2.05, 4.69) is 22.5 Å². The first-order valence-corrected chi connectivity index (χ1v) is 5.39. The van der Waals surface area contributed by atoms with Crippen molar-refractivity contribution in [1.29, 1.82) is 0 Å². The molecule has 0 unspecified atom stereocenters. The molecule has 0 heterocycles. The van der Waals surface area contributed by atoms with Crippen molar-refractivity contribution in [2.75, 3.05) is 5.73 Å². The van der Waals surface area contributed by atoms with Gasteiger partial charge in [-0.15, -0.1) is 6.58 Å². The van der Waals surface area contributed by atoms with E-state index < -0.39 is 0 Å². The van der Waals surface area contributed by atoms with Crippen LogP contribution in [0.4, 0.5) is 5.69 Å². The summed E-state index contributed by atoms with van der Waals surface area (Å²) in [6.45, 7) is 5.69. The minimum absolute atomic E-state index is 0.0538. The number of phenols is 1. The minimum Gasteiger partial charge on any atom is -0.505 e. The Labute approximate surface area is 97.9 Å². The summed E-state index contributed by atoms with van der Waals surface area (Å²) in [6, 6.07) is 3.12. The molecule has 15 heavy (non-hydrogen) atoms. The molecule has 1 aromatic carbocycles. The van der Waals surface area contributed by atoms with Crippen LogP contribution in [0.1, 0.15) is 24.9 Å². The van der Waals surface area contributed by atoms with Crippen LogP contribution < -0.4 is 11.5 Å². The molecule has 1 aromatic rings. The molecule has 0 aliphatic heterocycles. The molecule has 0 fully saturated rings. The van der Waals surface area contributed by atoms with Crippen LogP contribution in [0.25, 0.3) is 0 Å². The molecule has 0 aliphatic rings. The second-order valence-corrected chi connectivity index (χ2v) is 4.52. The Bertz CT molecular complexity index is 390. The number of aromatic hydroxyl groups is 1. The molecule has 4 heteroatoms. The van der Waals surface area contributed by atoms with Gasteiger partial charge in [0, 0.05) is 16.1 Å². The number of benzene rings is 1. The van der Waals surface area contributed by atoms with Crippen molar-refractivity contribution < 1.29 is 5.11 Å². The predicted molar refractivity (Wildman–Crippen MR) is 66.6 cm³/mol. The van der Waals surface area contributed by atoms with Crippen LogP contribution >= 0.6 is 15.9 Å². The van der Waals surface area contributed by atoms with Crippen LogP contribution in [0.3, 0.4) is 0 Å². The summed E-state index contributed by atoms with van der Waals surface area (Å²) < 4.78 is 0.767. The van der Waals surface area contributed by atoms with E-state index >= 15 is 0 Å². The number of halogens is 1. The highest BCUT2D eigenvalue weighted by molar-refractivity contribution is 9.10. The number of hydrogen-bond donors (Lipinski definition) is 3. The van der Waals surface area contributed by atoms with E-state index in [9.17, 15) is 5.11 Å². The van der Waals surface area contributed by atoms with Crippen molar-refractivity contribution in [3.8, 4) is 5.75 Å². The van der Waals surface area contributed by atoms with Crippen LogP contribution in [0.2, 0.25) is 0 Å². The molecular formula is C11H15BrN2O. The van der Waals surface area contributed by atoms with Gasteiger partial charge in [-0.3, -0.25) is 0 Å². The molecule has 82 valence electrons. The largest absolute Gasteiger partial charge is 0.505 e. The van der Waals surface area contributed by atoms with E-state index in [4.69, 9.17) is 11.5 Å². The molecular weight excluding hydrogens is 256 g/mol. The fourth-order valence-electron chi connectivity index (χ4n) is 1.43. The molecule has 0 amide bonds. The lowest BCUT2D eigenvalue weighted by Crippen LogP contribution is -2.12. The number of nitrogens with two attached hydrogens (primary N) is 2. The Morgan fingerprint density at radius 1 is 1.60 bits per heavy atom. The molecule has 0 bridgehead atoms. The van der Waals surface area contributed by atoms with Gasteiger partial charge in [-0.25, -0.2) is 0 Å². The zero-order valence-electron chi connectivity index (χ0n) is 8.63. The monoisotopic (exact) mass is 270 g/mol. The van der Waals surface area contributed by atoms with Gasteiger partial charge in [-0.05, 0) is 25.5 Å². The zero-order valence-corrected chi connectivity index (χ0v) is 10.2. The van der Waals surface area contributed by atoms with E-state index in [1.54, 1.807) is 12.1 Å². The lowest BCUT2D eigenvalue weighted by molar-refractivity contribution is 0.463. The van der Waals surface area contributed by atoms with Crippen LogP contribution in [0, 0.1) is 0 Å². The van der Waals surface area contributed by atoms with Crippen molar-refractivity contribution in [3.05, 3.63) is 34.3 Å². The maximum atomic E-state index is 9.80. The number of nitrogen functional groups attached to an aromatic ring is 1. The van der Waals surface area contributed by atoms with E-state index in [-0.39, 0.29) is 11.8 Å². The van der Waals surface area contributed by atoms with Crippen molar-refractivity contribution in [2.45, 2.75) is 19.4 Å². The molecule has 0 saturated carbocycles. The predicted octanol–water partition coefficient (Wildman–Crippen LogP) is 2.70. The summed E-state index contributed by atoms with van der Waals surface area (Å²) >= 11 is 3.35. The van der Waals surface area contributed by atoms with Crippen LogP contribution in [0.15, 0.2) is 28.8 Å². The number of rotatable bonds is 3. The molecule has 5 N–H and O–H groups in total. The molecule has 1 atom stereocenters. The fraction of sp³-hybridized carbons (Fsp3) is 0.273. The van der Waals surface area contributed by atoms with E-state index in [1.165, 1.54) is 0 Å². The van der Waals surface area contributed by atoms with Gasteiger partial charge in [0.25, 0.3) is 0 Å². The van der Waals surface area contributed by atoms with Crippen molar-refractivity contribution >= 4 is 21.6 Å². The van der Waals surface area contributed by atoms with Crippen LogP contribution in [-0.2, 0) is 0 Å². The number of anilines is 1. The second kappa shape index (κ2) is 4.68. The maximum Gasteiger partial charge on any atom is 0.144 e. The molecule has 0 spiro atoms. The van der Waals surface area contributed by atoms with Gasteiger partial charge in [0.15, 0.2) is 0 Å². The average molecular weight is 271 g/mol. The molecule has 0 radical (unpaired) electrons. The summed E-state index contributed by atoms with van der Waals surface area (Å²) in [4.78, 5) is 0. The summed E-state index contributed by atoms with van der Waals surface area (Å²) in [5.41, 5.74) is 13.5. The number of phenolic OH excluding ortho intramolecular Hbond substituents is 1. The zero-order chi connectivity index (χ0) is 11.6. The van der Waals surface area contributed by atoms with Gasteiger partial charge in [0.05, 0.1) is 5.69 Å². The molecule has 3 nitrogen and oxygen atoms in total. The Morgan fingerprint density at radius 2 is 2.20 bits per heavy atom. The lowest BCUT2D eigenvalue weighted by atomic mass is 10.00. The van der Waals surface area contributed by atoms with Crippen LogP contribution in [-0.4, -0.2) is 5.11 Å². The average Bonchev–Trinajstić information content (AvgIpc) is 2.11. The van der Waals surface area contributed by atoms with E-state index in [1.807, 2.05) is 6.92 Å². The Kier molecular flexibility index (Phi) is 3.77. The highest BCUT2D eigenvalue weighted by atomic mass is 79.9. The van der Waals surface area contributed by atoms with Crippen molar-refractivity contribution in [1.82, 2.24) is 0 Å². The van der Waals surface area contributed by atoms with Crippen LogP contribution in [0.5, 0.6) is 5.75 Å². The Balaban J connectivity index is 3.12. The van der Waals surface area contributed by atoms with Gasteiger partial charge >= 0.3 is 0 Å². The summed E-state index contributed by atoms with van der Waals surface area (Å²) in [5, 5.41) is 9.80. The second-order valence-electron chi connectivity index (χ2n) is 3.67. The molecule has 0 saturated heterocycles. The summed E-state index contributed by atoms with van der Waals surface area (Å²) in [6.07, 6.45) is 0.621. The van der Waals surface area contributed by atoms with Gasteiger partial charge in [0.2, 0.25) is 0 Å². The Hall–Kier alpha value is -1.00. The third-order valence-corrected chi connectivity index (χ3v) is 2.83. The molecule has 1 rings (SSSR count). The smallest absolute Gasteiger partial charge is 0.144 e. The molecule has 0 aromatic heterocycles. The topological polar surface area (TPSA) is 72.3 Å². The third-order valence-electron chi connectivity index (χ3n) is 2.13. The molecule has 0 aliphatic carbocycles. The highest BCUT2D eigenvalue weighted by Crippen LogP contribution is 2.37. The fourth-order valence-corrected chi connectivity index (χ4v) is 2.04. The maximum absolute atomic E-state index is 9.80. The quantitative estimate of drug-likeness (QED) is 0.449. The summed E-state index contributed by atoms with van der Waals surface area (Å²) in [7, 11) is 0. The van der Waals surface area contributed by atoms with Gasteiger partial charge in [-0.1, -0.05) is 21.5 Å². The standard InChI is InChI=1S/C11H15BrN2O/c1-6(2)5-9(14)10-7(12)3-4-8(13)11(10)15/h3-4,9,15H,1,5,13-14H2,2H3/t9-/m1/s1. The Morgan fingerprint density at radius 3 is 2.73 bits per heavy atom. The van der Waals surface area contributed by atoms with Crippen molar-refractivity contribution in [2.24, 2.45) is 5.73 Å².